The average Bonchev–Trinajstić information content (AvgIpc) is 2.97. The Bertz CT molecular complexity index is 1180. The Balaban J connectivity index is 2.57. The molecule has 0 saturated carbocycles. The summed E-state index contributed by atoms with van der Waals surface area (Å²) in [7, 11) is -3.34. The van der Waals surface area contributed by atoms with Gasteiger partial charge >= 0.3 is 0 Å². The summed E-state index contributed by atoms with van der Waals surface area (Å²) in [4.78, 5) is 0. The monoisotopic (exact) mass is 437 g/mol. The topological polar surface area (TPSA) is 21.3 Å². The first kappa shape index (κ1) is 22.9. The SMILES string of the molecule is CC[Si](C)(C)C(C)=c1c(O[Si](C)(C)C)cc2c(c1NC(C)(C)C)C=c1ccccc1=2. The fourth-order valence-electron chi connectivity index (χ4n) is 3.96. The molecule has 2 aromatic rings. The van der Waals surface area contributed by atoms with Crippen molar-refractivity contribution in [3.8, 4) is 5.75 Å². The lowest BCUT2D eigenvalue weighted by Crippen LogP contribution is -2.38. The molecule has 0 unspecified atom stereocenters. The Hall–Kier alpha value is -1.79. The van der Waals surface area contributed by atoms with Gasteiger partial charge in [0.15, 0.2) is 0 Å². The molecule has 4 heteroatoms. The van der Waals surface area contributed by atoms with Crippen LogP contribution in [-0.4, -0.2) is 21.9 Å². The molecule has 0 amide bonds. The van der Waals surface area contributed by atoms with Crippen molar-refractivity contribution < 1.29 is 4.43 Å². The molecule has 0 aromatic heterocycles. The van der Waals surface area contributed by atoms with Crippen LogP contribution in [0.5, 0.6) is 5.75 Å². The Morgan fingerprint density at radius 1 is 1.00 bits per heavy atom. The van der Waals surface area contributed by atoms with Gasteiger partial charge in [-0.3, -0.25) is 0 Å². The van der Waals surface area contributed by atoms with Crippen LogP contribution in [0.1, 0.15) is 40.2 Å². The Labute approximate surface area is 184 Å². The van der Waals surface area contributed by atoms with E-state index in [-0.39, 0.29) is 5.54 Å². The van der Waals surface area contributed by atoms with Crippen LogP contribution in [0.3, 0.4) is 0 Å². The fourth-order valence-corrected chi connectivity index (χ4v) is 6.24. The van der Waals surface area contributed by atoms with Crippen LogP contribution < -0.4 is 20.2 Å². The molecule has 0 fully saturated rings. The maximum absolute atomic E-state index is 6.78. The number of nitrogens with one attached hydrogen (secondary N) is 1. The van der Waals surface area contributed by atoms with Crippen molar-refractivity contribution in [2.75, 3.05) is 5.32 Å². The molecule has 1 aliphatic rings. The van der Waals surface area contributed by atoms with Crippen LogP contribution in [0.2, 0.25) is 38.8 Å². The molecule has 0 atom stereocenters. The molecular formula is C26H39NOSi2. The molecule has 1 aliphatic carbocycles. The van der Waals surface area contributed by atoms with Gasteiger partial charge in [-0.25, -0.2) is 0 Å². The highest BCUT2D eigenvalue weighted by molar-refractivity contribution is 6.93. The first-order valence-electron chi connectivity index (χ1n) is 11.2. The van der Waals surface area contributed by atoms with E-state index in [9.17, 15) is 0 Å². The summed E-state index contributed by atoms with van der Waals surface area (Å²) >= 11 is 0. The molecule has 2 nitrogen and oxygen atoms in total. The Kier molecular flexibility index (Phi) is 5.89. The average molecular weight is 438 g/mol. The molecule has 0 radical (unpaired) electrons. The minimum absolute atomic E-state index is 0.0406. The molecule has 2 aromatic carbocycles. The molecule has 162 valence electrons. The van der Waals surface area contributed by atoms with Gasteiger partial charge in [-0.2, -0.15) is 0 Å². The molecule has 0 heterocycles. The normalized spacial score (nSPS) is 14.6. The van der Waals surface area contributed by atoms with Gasteiger partial charge in [-0.05, 0) is 75.1 Å². The summed E-state index contributed by atoms with van der Waals surface area (Å²) in [6, 6.07) is 12.3. The van der Waals surface area contributed by atoms with Crippen LogP contribution in [0.15, 0.2) is 30.3 Å². The summed E-state index contributed by atoms with van der Waals surface area (Å²) in [5.74, 6) is 1.07. The van der Waals surface area contributed by atoms with Crippen molar-refractivity contribution >= 4 is 33.4 Å². The van der Waals surface area contributed by atoms with E-state index in [4.69, 9.17) is 4.43 Å². The van der Waals surface area contributed by atoms with E-state index in [1.165, 1.54) is 43.4 Å². The van der Waals surface area contributed by atoms with E-state index in [0.717, 1.165) is 5.75 Å². The van der Waals surface area contributed by atoms with Crippen LogP contribution in [0.4, 0.5) is 5.69 Å². The van der Waals surface area contributed by atoms with E-state index < -0.39 is 16.4 Å². The highest BCUT2D eigenvalue weighted by Gasteiger charge is 2.27. The second-order valence-corrected chi connectivity index (χ2v) is 20.9. The van der Waals surface area contributed by atoms with Gasteiger partial charge < -0.3 is 9.74 Å². The lowest BCUT2D eigenvalue weighted by atomic mass is 10.0. The molecule has 3 rings (SSSR count). The van der Waals surface area contributed by atoms with Crippen molar-refractivity contribution in [2.45, 2.75) is 78.9 Å². The van der Waals surface area contributed by atoms with Crippen molar-refractivity contribution in [3.05, 3.63) is 56.8 Å². The van der Waals surface area contributed by atoms with Crippen LogP contribution >= 0.6 is 0 Å². The van der Waals surface area contributed by atoms with E-state index in [0.29, 0.717) is 0 Å². The Morgan fingerprint density at radius 2 is 1.63 bits per heavy atom. The summed E-state index contributed by atoms with van der Waals surface area (Å²) in [5, 5.41) is 10.6. The summed E-state index contributed by atoms with van der Waals surface area (Å²) in [5.41, 5.74) is 2.52. The number of fused-ring (bicyclic) bond motifs is 2. The van der Waals surface area contributed by atoms with Gasteiger partial charge in [-0.15, -0.1) is 0 Å². The summed E-state index contributed by atoms with van der Waals surface area (Å²) in [6.45, 7) is 23.2. The summed E-state index contributed by atoms with van der Waals surface area (Å²) in [6.07, 6.45) is 2.36. The fraction of sp³-hybridized carbons (Fsp3) is 0.462. The molecular weight excluding hydrogens is 398 g/mol. The van der Waals surface area contributed by atoms with Gasteiger partial charge in [0.1, 0.15) is 5.75 Å². The third-order valence-electron chi connectivity index (χ3n) is 6.07. The minimum Gasteiger partial charge on any atom is -0.544 e. The standard InChI is InChI=1S/C26H39NOSi2/c1-11-30(9,10)18(2)24-23(28-29(6,7)8)17-21-20-15-13-12-14-19(20)16-22(21)25(24)27-26(3,4)5/h12-17,27H,11H2,1-10H3. The third-order valence-corrected chi connectivity index (χ3v) is 11.0. The lowest BCUT2D eigenvalue weighted by Gasteiger charge is -2.30. The lowest BCUT2D eigenvalue weighted by molar-refractivity contribution is 0.551. The smallest absolute Gasteiger partial charge is 0.242 e. The predicted octanol–water partition coefficient (Wildman–Crippen LogP) is 5.98. The zero-order valence-electron chi connectivity index (χ0n) is 20.6. The first-order valence-corrected chi connectivity index (χ1v) is 17.8. The van der Waals surface area contributed by atoms with Crippen molar-refractivity contribution in [1.29, 1.82) is 0 Å². The molecule has 1 N–H and O–H groups in total. The molecule has 0 spiro atoms. The largest absolute Gasteiger partial charge is 0.544 e. The number of hydrogen-bond acceptors (Lipinski definition) is 2. The maximum Gasteiger partial charge on any atom is 0.242 e. The highest BCUT2D eigenvalue weighted by Crippen LogP contribution is 2.30. The second-order valence-electron chi connectivity index (χ2n) is 11.3. The van der Waals surface area contributed by atoms with E-state index in [1.54, 1.807) is 0 Å². The van der Waals surface area contributed by atoms with Gasteiger partial charge in [-0.1, -0.05) is 55.5 Å². The number of benzene rings is 2. The maximum atomic E-state index is 6.78. The second kappa shape index (κ2) is 7.72. The molecule has 0 saturated heterocycles. The predicted molar refractivity (Wildman–Crippen MR) is 138 cm³/mol. The van der Waals surface area contributed by atoms with Crippen LogP contribution in [0, 0.1) is 10.4 Å². The first-order chi connectivity index (χ1) is 13.7. The van der Waals surface area contributed by atoms with Crippen LogP contribution in [-0.2, 0) is 0 Å². The van der Waals surface area contributed by atoms with Gasteiger partial charge in [0.25, 0.3) is 0 Å². The van der Waals surface area contributed by atoms with Crippen molar-refractivity contribution in [3.63, 3.8) is 0 Å². The zero-order valence-corrected chi connectivity index (χ0v) is 22.6. The third kappa shape index (κ3) is 4.60. The molecule has 0 aliphatic heterocycles. The van der Waals surface area contributed by atoms with E-state index in [2.05, 4.69) is 109 Å². The van der Waals surface area contributed by atoms with Gasteiger partial charge in [0, 0.05) is 16.3 Å². The Morgan fingerprint density at radius 3 is 2.20 bits per heavy atom. The quantitative estimate of drug-likeness (QED) is 0.496. The zero-order chi connectivity index (χ0) is 22.5. The number of hydrogen-bond donors (Lipinski definition) is 1. The summed E-state index contributed by atoms with van der Waals surface area (Å²) < 4.78 is 6.78. The van der Waals surface area contributed by atoms with Crippen molar-refractivity contribution in [2.24, 2.45) is 0 Å². The highest BCUT2D eigenvalue weighted by atomic mass is 28.4. The van der Waals surface area contributed by atoms with E-state index >= 15 is 0 Å². The van der Waals surface area contributed by atoms with Gasteiger partial charge in [0.05, 0.1) is 13.8 Å². The minimum atomic E-state index is -1.79. The molecule has 30 heavy (non-hydrogen) atoms. The molecule has 0 bridgehead atoms. The van der Waals surface area contributed by atoms with Crippen molar-refractivity contribution in [1.82, 2.24) is 0 Å². The number of anilines is 1. The van der Waals surface area contributed by atoms with Gasteiger partial charge in [0.2, 0.25) is 8.32 Å². The van der Waals surface area contributed by atoms with Crippen LogP contribution in [0.25, 0.3) is 11.3 Å². The van der Waals surface area contributed by atoms with E-state index in [1.807, 2.05) is 0 Å². The number of rotatable bonds is 5.